The summed E-state index contributed by atoms with van der Waals surface area (Å²) in [5.74, 6) is 0. The van der Waals surface area contributed by atoms with Crippen molar-refractivity contribution in [1.29, 1.82) is 0 Å². The third-order valence-electron chi connectivity index (χ3n) is 3.87. The number of hydrogen-bond donors (Lipinski definition) is 1. The number of fused-ring (bicyclic) bond motifs is 2. The lowest BCUT2D eigenvalue weighted by atomic mass is 9.96. The summed E-state index contributed by atoms with van der Waals surface area (Å²) < 4.78 is 0. The first-order valence-electron chi connectivity index (χ1n) is 6.73. The number of thiocarbonyl (C=S) groups is 1. The smallest absolute Gasteiger partial charge is 0.105 e. The van der Waals surface area contributed by atoms with Crippen LogP contribution in [0.25, 0.3) is 10.9 Å². The molecule has 0 atom stereocenters. The molecule has 1 aliphatic rings. The molecule has 0 saturated carbocycles. The minimum atomic E-state index is 0.425. The van der Waals surface area contributed by atoms with Crippen molar-refractivity contribution in [2.45, 2.75) is 19.9 Å². The highest BCUT2D eigenvalue weighted by Crippen LogP contribution is 2.29. The fraction of sp³-hybridized carbons (Fsp3) is 0.333. The molecule has 0 bridgehead atoms. The van der Waals surface area contributed by atoms with Crippen molar-refractivity contribution in [3.8, 4) is 0 Å². The lowest BCUT2D eigenvalue weighted by molar-refractivity contribution is 0.266. The predicted octanol–water partition coefficient (Wildman–Crippen LogP) is 2.90. The number of benzene rings is 1. The molecule has 0 unspecified atom stereocenters. The van der Waals surface area contributed by atoms with E-state index in [2.05, 4.69) is 11.8 Å². The van der Waals surface area contributed by atoms with Crippen LogP contribution in [-0.4, -0.2) is 28.0 Å². The summed E-state index contributed by atoms with van der Waals surface area (Å²) >= 11 is 11.4. The van der Waals surface area contributed by atoms with Crippen LogP contribution < -0.4 is 5.73 Å². The summed E-state index contributed by atoms with van der Waals surface area (Å²) in [5, 5.41) is 1.64. The van der Waals surface area contributed by atoms with Crippen molar-refractivity contribution in [3.05, 3.63) is 40.0 Å². The highest BCUT2D eigenvalue weighted by atomic mass is 35.5. The molecule has 2 aromatic rings. The highest BCUT2D eigenvalue weighted by molar-refractivity contribution is 7.80. The summed E-state index contributed by atoms with van der Waals surface area (Å²) in [6, 6.07) is 5.70. The molecule has 3 rings (SSSR count). The van der Waals surface area contributed by atoms with Gasteiger partial charge in [-0.05, 0) is 30.3 Å². The van der Waals surface area contributed by atoms with Gasteiger partial charge in [0, 0.05) is 41.2 Å². The monoisotopic (exact) mass is 305 g/mol. The minimum Gasteiger partial charge on any atom is -0.389 e. The van der Waals surface area contributed by atoms with E-state index in [9.17, 15) is 0 Å². The van der Waals surface area contributed by atoms with Gasteiger partial charge in [-0.15, -0.1) is 0 Å². The SMILES string of the molecule is CCN1CCc2nc3ccc(Cl)cc3c(C(N)=S)c2C1. The van der Waals surface area contributed by atoms with Gasteiger partial charge in [0.15, 0.2) is 0 Å². The lowest BCUT2D eigenvalue weighted by Crippen LogP contribution is -2.33. The van der Waals surface area contributed by atoms with Crippen LogP contribution in [0.15, 0.2) is 18.2 Å². The summed E-state index contributed by atoms with van der Waals surface area (Å²) in [6.07, 6.45) is 0.942. The second-order valence-electron chi connectivity index (χ2n) is 5.06. The zero-order valence-corrected chi connectivity index (χ0v) is 12.9. The molecule has 1 aromatic heterocycles. The third kappa shape index (κ3) is 2.28. The molecule has 0 fully saturated rings. The summed E-state index contributed by atoms with van der Waals surface area (Å²) in [7, 11) is 0. The van der Waals surface area contributed by atoms with Crippen molar-refractivity contribution in [2.24, 2.45) is 5.73 Å². The Morgan fingerprint density at radius 3 is 3.00 bits per heavy atom. The van der Waals surface area contributed by atoms with Crippen molar-refractivity contribution in [3.63, 3.8) is 0 Å². The normalized spacial score (nSPS) is 15.3. The quantitative estimate of drug-likeness (QED) is 0.866. The Bertz CT molecular complexity index is 699. The average Bonchev–Trinajstić information content (AvgIpc) is 2.43. The van der Waals surface area contributed by atoms with Gasteiger partial charge in [-0.1, -0.05) is 30.7 Å². The van der Waals surface area contributed by atoms with E-state index < -0.39 is 0 Å². The van der Waals surface area contributed by atoms with Crippen LogP contribution in [0.1, 0.15) is 23.7 Å². The number of halogens is 1. The minimum absolute atomic E-state index is 0.425. The molecular formula is C15H16ClN3S. The Labute approximate surface area is 128 Å². The molecule has 2 N–H and O–H groups in total. The van der Waals surface area contributed by atoms with Crippen LogP contribution in [-0.2, 0) is 13.0 Å². The van der Waals surface area contributed by atoms with Crippen LogP contribution >= 0.6 is 23.8 Å². The molecule has 0 spiro atoms. The van der Waals surface area contributed by atoms with Gasteiger partial charge in [-0.2, -0.15) is 0 Å². The van der Waals surface area contributed by atoms with Crippen LogP contribution in [0.5, 0.6) is 0 Å². The maximum atomic E-state index is 6.11. The van der Waals surface area contributed by atoms with Gasteiger partial charge in [0.2, 0.25) is 0 Å². The van der Waals surface area contributed by atoms with Crippen molar-refractivity contribution in [1.82, 2.24) is 9.88 Å². The first-order chi connectivity index (χ1) is 9.60. The molecule has 1 aliphatic heterocycles. The van der Waals surface area contributed by atoms with E-state index in [0.29, 0.717) is 10.0 Å². The summed E-state index contributed by atoms with van der Waals surface area (Å²) in [4.78, 5) is 7.57. The van der Waals surface area contributed by atoms with E-state index in [1.807, 2.05) is 18.2 Å². The average molecular weight is 306 g/mol. The van der Waals surface area contributed by atoms with E-state index >= 15 is 0 Å². The Hall–Kier alpha value is -1.23. The number of rotatable bonds is 2. The van der Waals surface area contributed by atoms with Gasteiger partial charge in [-0.25, -0.2) is 0 Å². The van der Waals surface area contributed by atoms with E-state index in [1.54, 1.807) is 0 Å². The molecule has 3 nitrogen and oxygen atoms in total. The second-order valence-corrected chi connectivity index (χ2v) is 5.93. The van der Waals surface area contributed by atoms with Gasteiger partial charge in [-0.3, -0.25) is 9.88 Å². The van der Waals surface area contributed by atoms with Crippen LogP contribution in [0.3, 0.4) is 0 Å². The van der Waals surface area contributed by atoms with Crippen molar-refractivity contribution >= 4 is 39.7 Å². The van der Waals surface area contributed by atoms with Crippen molar-refractivity contribution < 1.29 is 0 Å². The number of likely N-dealkylation sites (N-methyl/N-ethyl adjacent to an activating group) is 1. The Morgan fingerprint density at radius 2 is 2.30 bits per heavy atom. The number of pyridine rings is 1. The molecule has 2 heterocycles. The molecular weight excluding hydrogens is 290 g/mol. The van der Waals surface area contributed by atoms with E-state index in [1.165, 1.54) is 5.56 Å². The molecule has 20 heavy (non-hydrogen) atoms. The maximum Gasteiger partial charge on any atom is 0.105 e. The van der Waals surface area contributed by atoms with Crippen LogP contribution in [0, 0.1) is 0 Å². The molecule has 0 amide bonds. The number of nitrogens with zero attached hydrogens (tertiary/aromatic N) is 2. The molecule has 0 aliphatic carbocycles. The topological polar surface area (TPSA) is 42.2 Å². The van der Waals surface area contributed by atoms with Gasteiger partial charge in [0.1, 0.15) is 4.99 Å². The Balaban J connectivity index is 2.30. The van der Waals surface area contributed by atoms with Gasteiger partial charge < -0.3 is 5.73 Å². The Kier molecular flexibility index (Phi) is 3.63. The van der Waals surface area contributed by atoms with Crippen LogP contribution in [0.4, 0.5) is 0 Å². The second kappa shape index (κ2) is 5.28. The Morgan fingerprint density at radius 1 is 1.50 bits per heavy atom. The first-order valence-corrected chi connectivity index (χ1v) is 7.52. The number of nitrogens with two attached hydrogens (primary N) is 1. The summed E-state index contributed by atoms with van der Waals surface area (Å²) in [5.41, 5.74) is 10.1. The lowest BCUT2D eigenvalue weighted by Gasteiger charge is -2.29. The van der Waals surface area contributed by atoms with Gasteiger partial charge in [0.05, 0.1) is 5.52 Å². The molecule has 0 saturated heterocycles. The van der Waals surface area contributed by atoms with Crippen molar-refractivity contribution in [2.75, 3.05) is 13.1 Å². The summed E-state index contributed by atoms with van der Waals surface area (Å²) in [6.45, 7) is 5.07. The standard InChI is InChI=1S/C15H16ClN3S/c1-2-19-6-5-13-11(8-19)14(15(17)20)10-7-9(16)3-4-12(10)18-13/h3-4,7H,2,5-6,8H2,1H3,(H2,17,20). The van der Waals surface area contributed by atoms with E-state index in [-0.39, 0.29) is 0 Å². The van der Waals surface area contributed by atoms with E-state index in [0.717, 1.165) is 48.2 Å². The number of hydrogen-bond acceptors (Lipinski definition) is 3. The van der Waals surface area contributed by atoms with Crippen LogP contribution in [0.2, 0.25) is 5.02 Å². The fourth-order valence-electron chi connectivity index (χ4n) is 2.82. The molecule has 0 radical (unpaired) electrons. The first kappa shape index (κ1) is 13.7. The van der Waals surface area contributed by atoms with E-state index in [4.69, 9.17) is 34.5 Å². The predicted molar refractivity (Wildman–Crippen MR) is 87.3 cm³/mol. The maximum absolute atomic E-state index is 6.11. The van der Waals surface area contributed by atoms with Gasteiger partial charge in [0.25, 0.3) is 0 Å². The largest absolute Gasteiger partial charge is 0.389 e. The highest BCUT2D eigenvalue weighted by Gasteiger charge is 2.22. The zero-order chi connectivity index (χ0) is 14.3. The molecule has 1 aromatic carbocycles. The fourth-order valence-corrected chi connectivity index (χ4v) is 3.23. The number of aromatic nitrogens is 1. The molecule has 104 valence electrons. The zero-order valence-electron chi connectivity index (χ0n) is 11.3. The van der Waals surface area contributed by atoms with Gasteiger partial charge >= 0.3 is 0 Å². The third-order valence-corrected chi connectivity index (χ3v) is 4.31. The molecule has 5 heteroatoms.